The molecule has 0 amide bonds. The molecule has 48 valence electrons. The fourth-order valence-corrected chi connectivity index (χ4v) is 0. The Labute approximate surface area is 99.2 Å². The Morgan fingerprint density at radius 1 is 0.556 bits per heavy atom. The van der Waals surface area contributed by atoms with Crippen molar-refractivity contribution in [3.05, 3.63) is 0 Å². The first-order valence-electron chi connectivity index (χ1n) is 1.13. The summed E-state index contributed by atoms with van der Waals surface area (Å²) in [6.45, 7) is 0. The van der Waals surface area contributed by atoms with Crippen molar-refractivity contribution in [3.63, 3.8) is 0 Å². The second kappa shape index (κ2) is 3.80. The van der Waals surface area contributed by atoms with Gasteiger partial charge in [-0.15, -0.1) is 0 Å². The largest absolute Gasteiger partial charge is 1.00 e. The van der Waals surface area contributed by atoms with Gasteiger partial charge in [-0.1, -0.05) is 0 Å². The van der Waals surface area contributed by atoms with Gasteiger partial charge in [-0.3, -0.25) is 0 Å². The molecule has 0 aromatic rings. The monoisotopic (exact) mass is 272 g/mol. The molecule has 0 aliphatic heterocycles. The van der Waals surface area contributed by atoms with E-state index in [0.29, 0.717) is 0 Å². The van der Waals surface area contributed by atoms with E-state index in [0.717, 1.165) is 0 Å². The molecule has 0 aliphatic rings. The van der Waals surface area contributed by atoms with Gasteiger partial charge >= 0.3 is 101 Å². The van der Waals surface area contributed by atoms with E-state index in [1.54, 1.807) is 0 Å². The third-order valence-electron chi connectivity index (χ3n) is 0. The number of hydrogen-bond acceptors (Lipinski definition) is 0. The molecular weight excluding hydrogens is 274 g/mol. The maximum Gasteiger partial charge on any atom is 1.00 e. The summed E-state index contributed by atoms with van der Waals surface area (Å²) in [5, 5.41) is 0. The minimum atomic E-state index is -5.33. The molecule has 0 saturated heterocycles. The van der Waals surface area contributed by atoms with Crippen LogP contribution >= 0.6 is 55.8 Å². The predicted molar refractivity (Wildman–Crippen MR) is 35.1 cm³/mol. The molecule has 0 aliphatic carbocycles. The Kier molecular flexibility index (Phi) is 7.78. The summed E-state index contributed by atoms with van der Waals surface area (Å²) in [4.78, 5) is 0. The van der Waals surface area contributed by atoms with Crippen molar-refractivity contribution in [1.29, 1.82) is 0 Å². The number of rotatable bonds is 0. The Hall–Kier alpha value is 3.65. The van der Waals surface area contributed by atoms with Crippen LogP contribution in [0.3, 0.4) is 0 Å². The van der Waals surface area contributed by atoms with Gasteiger partial charge in [0.2, 0.25) is 0 Å². The van der Waals surface area contributed by atoms with E-state index in [1.807, 2.05) is 0 Å². The van der Waals surface area contributed by atoms with Crippen LogP contribution in [0.5, 0.6) is 0 Å². The summed E-state index contributed by atoms with van der Waals surface area (Å²) in [6, 6.07) is 0. The van der Waals surface area contributed by atoms with Crippen LogP contribution in [-0.4, -0.2) is 0 Å². The summed E-state index contributed by atoms with van der Waals surface area (Å²) in [5.74, 6) is 0. The van der Waals surface area contributed by atoms with Crippen LogP contribution in [0.15, 0.2) is 0 Å². The van der Waals surface area contributed by atoms with Crippen molar-refractivity contribution < 1.29 is 45.4 Å². The first-order valence-corrected chi connectivity index (χ1v) is 14.0. The average Bonchev–Trinajstić information content (AvgIpc) is 0.592. The van der Waals surface area contributed by atoms with E-state index in [-0.39, 0.29) is 37.7 Å². The van der Waals surface area contributed by atoms with Gasteiger partial charge in [-0.05, 0) is 0 Å². The Bertz CT molecular complexity index is 69.6. The molecule has 0 saturated carbocycles. The molecule has 0 radical (unpaired) electrons. The van der Waals surface area contributed by atoms with Gasteiger partial charge in [-0.2, -0.15) is 0 Å². The van der Waals surface area contributed by atoms with Gasteiger partial charge in [-0.25, -0.2) is 0 Å². The number of halogens is 6. The third-order valence-corrected chi connectivity index (χ3v) is 0. The molecule has 0 fully saturated rings. The zero-order valence-electron chi connectivity index (χ0n) is 4.77. The third kappa shape index (κ3) is 81.5. The molecule has 0 nitrogen and oxygen atoms in total. The molecule has 9 heavy (non-hydrogen) atoms. The normalized spacial score (nSPS) is 18.0. The summed E-state index contributed by atoms with van der Waals surface area (Å²) in [6.07, 6.45) is 0. The maximum atomic E-state index is 5.06. The molecule has 0 bridgehead atoms. The van der Waals surface area contributed by atoms with Crippen molar-refractivity contribution in [1.82, 2.24) is 0 Å². The Morgan fingerprint density at radius 3 is 0.556 bits per heavy atom. The van der Waals surface area contributed by atoms with Crippen LogP contribution in [0.4, 0.5) is 0 Å². The first kappa shape index (κ1) is 18.4. The molecule has 0 aromatic heterocycles. The molecule has 0 atom stereocenters. The van der Waals surface area contributed by atoms with E-state index in [1.165, 1.54) is 0 Å². The van der Waals surface area contributed by atoms with Gasteiger partial charge in [0.25, 0.3) is 0 Å². The maximum absolute atomic E-state index is 5.33. The van der Waals surface area contributed by atoms with E-state index >= 15 is 0 Å². The first-order chi connectivity index (χ1) is 2.45. The Morgan fingerprint density at radius 2 is 0.556 bits per heavy atom. The summed E-state index contributed by atoms with van der Waals surface area (Å²) in [7, 11) is 25.0. The van der Waals surface area contributed by atoms with Crippen LogP contribution in [0, 0.1) is 0 Å². The van der Waals surface area contributed by atoms with Crippen molar-refractivity contribution in [2.45, 2.75) is 0 Å². The second-order valence-corrected chi connectivity index (χ2v) is 39.8. The van der Waals surface area contributed by atoms with Gasteiger partial charge in [0.15, 0.2) is 0 Å². The predicted octanol–water partition coefficient (Wildman–Crippen LogP) is -1.86. The smallest absolute Gasteiger partial charge is 1.00 e. The summed E-state index contributed by atoms with van der Waals surface area (Å²) < 4.78 is 0. The van der Waals surface area contributed by atoms with Gasteiger partial charge < -0.3 is 0 Å². The van der Waals surface area contributed by atoms with Gasteiger partial charge in [0.05, 0.1) is 0 Å². The van der Waals surface area contributed by atoms with Crippen LogP contribution < -0.4 is 37.7 Å². The van der Waals surface area contributed by atoms with Crippen molar-refractivity contribution in [2.75, 3.05) is 0 Å². The summed E-state index contributed by atoms with van der Waals surface area (Å²) >= 11 is 0. The minimum absolute atomic E-state index is 0. The molecule has 9 heteroatoms. The summed E-state index contributed by atoms with van der Waals surface area (Å²) in [5.41, 5.74) is 0. The quantitative estimate of drug-likeness (QED) is 0.455. The molecule has 0 unspecified atom stereocenters. The van der Waals surface area contributed by atoms with Gasteiger partial charge in [0, 0.05) is 0 Å². The van der Waals surface area contributed by atoms with E-state index < -0.39 is 7.66 Å². The standard InChI is InChI=1S/6ClH.2Li.Ti/h6*1H;;;/q;;;;;;2*+1;+4/p-6. The second-order valence-electron chi connectivity index (χ2n) is 1.07. The van der Waals surface area contributed by atoms with Crippen molar-refractivity contribution in [3.8, 4) is 0 Å². The molecule has 0 spiro atoms. The molecule has 0 heterocycles. The fourth-order valence-electron chi connectivity index (χ4n) is 0. The van der Waals surface area contributed by atoms with Crippen LogP contribution in [-0.2, 0) is 7.66 Å². The fraction of sp³-hybridized carbons (Fsp3) is 0. The van der Waals surface area contributed by atoms with Crippen LogP contribution in [0.2, 0.25) is 0 Å². The van der Waals surface area contributed by atoms with Gasteiger partial charge in [0.1, 0.15) is 0 Å². The Balaban J connectivity index is -0.000000180. The SMILES string of the molecule is [Cl][Ti-2]([Cl])([Cl])([Cl])([Cl])[Cl].[Li+].[Li+]. The molecular formula is Cl6Li2Ti. The van der Waals surface area contributed by atoms with Crippen molar-refractivity contribution >= 4 is 55.8 Å². The van der Waals surface area contributed by atoms with Crippen LogP contribution in [0.1, 0.15) is 0 Å². The molecule has 0 rings (SSSR count). The van der Waals surface area contributed by atoms with E-state index in [4.69, 9.17) is 55.8 Å². The van der Waals surface area contributed by atoms with Crippen LogP contribution in [0.25, 0.3) is 0 Å². The molecule has 0 N–H and O–H groups in total. The number of hydrogen-bond donors (Lipinski definition) is 0. The zero-order valence-corrected chi connectivity index (χ0v) is 10.9. The minimum Gasteiger partial charge on any atom is 1.00 e. The molecule has 0 aromatic carbocycles. The van der Waals surface area contributed by atoms with Crippen molar-refractivity contribution in [2.24, 2.45) is 0 Å². The zero-order chi connectivity index (χ0) is 6.41. The van der Waals surface area contributed by atoms with E-state index in [2.05, 4.69) is 0 Å². The topological polar surface area (TPSA) is 0 Å². The van der Waals surface area contributed by atoms with E-state index in [9.17, 15) is 0 Å². The average molecular weight is 274 g/mol.